The summed E-state index contributed by atoms with van der Waals surface area (Å²) < 4.78 is 0. The van der Waals surface area contributed by atoms with E-state index in [9.17, 15) is 0 Å². The molecule has 1 unspecified atom stereocenters. The number of nitrogens with one attached hydrogen (secondary N) is 1. The predicted molar refractivity (Wildman–Crippen MR) is 117 cm³/mol. The van der Waals surface area contributed by atoms with E-state index in [0.717, 1.165) is 37.2 Å². The molecule has 1 saturated heterocycles. The Labute approximate surface area is 170 Å². The van der Waals surface area contributed by atoms with Gasteiger partial charge in [0.25, 0.3) is 0 Å². The quantitative estimate of drug-likeness (QED) is 0.543. The van der Waals surface area contributed by atoms with Gasteiger partial charge >= 0.3 is 0 Å². The summed E-state index contributed by atoms with van der Waals surface area (Å²) in [5.41, 5.74) is 1.23. The molecule has 5 nitrogen and oxygen atoms in total. The molecule has 0 amide bonds. The molecule has 1 atom stereocenters. The van der Waals surface area contributed by atoms with Gasteiger partial charge in [-0.2, -0.15) is 0 Å². The molecule has 1 aromatic carbocycles. The lowest BCUT2D eigenvalue weighted by atomic mass is 10.1. The average Bonchev–Trinajstić information content (AvgIpc) is 2.67. The fourth-order valence-electron chi connectivity index (χ4n) is 3.44. The molecule has 0 radical (unpaired) electrons. The number of hydrogen-bond acceptors (Lipinski definition) is 3. The highest BCUT2D eigenvalue weighted by atomic mass is 35.5. The van der Waals surface area contributed by atoms with Gasteiger partial charge in [0, 0.05) is 64.4 Å². The van der Waals surface area contributed by atoms with Crippen molar-refractivity contribution < 1.29 is 0 Å². The Kier molecular flexibility index (Phi) is 9.39. The van der Waals surface area contributed by atoms with Gasteiger partial charge in [-0.15, -0.1) is 0 Å². The Morgan fingerprint density at radius 2 is 1.78 bits per heavy atom. The van der Waals surface area contributed by atoms with Crippen molar-refractivity contribution in [2.24, 2.45) is 10.9 Å². The van der Waals surface area contributed by atoms with Crippen LogP contribution in [0.4, 0.5) is 0 Å². The maximum Gasteiger partial charge on any atom is 0.193 e. The highest BCUT2D eigenvalue weighted by Crippen LogP contribution is 2.11. The summed E-state index contributed by atoms with van der Waals surface area (Å²) in [6.07, 6.45) is 0. The summed E-state index contributed by atoms with van der Waals surface area (Å²) in [5.74, 6) is 1.52. The van der Waals surface area contributed by atoms with E-state index in [2.05, 4.69) is 60.0 Å². The zero-order chi connectivity index (χ0) is 19.6. The standard InChI is InChI=1S/C21H36ClN5/c1-5-23-21(25(4)17-19-7-9-20(22)10-8-19)24-15-18(3)16-27-13-11-26(6-2)12-14-27/h7-10,18H,5-6,11-17H2,1-4H3,(H,23,24). The van der Waals surface area contributed by atoms with Gasteiger partial charge in [0.05, 0.1) is 0 Å². The van der Waals surface area contributed by atoms with Crippen LogP contribution in [-0.4, -0.2) is 80.1 Å². The molecule has 1 aliphatic heterocycles. The number of nitrogens with zero attached hydrogens (tertiary/aromatic N) is 4. The van der Waals surface area contributed by atoms with Crippen molar-refractivity contribution in [1.29, 1.82) is 0 Å². The van der Waals surface area contributed by atoms with Crippen molar-refractivity contribution in [1.82, 2.24) is 20.0 Å². The number of aliphatic imine (C=N–C) groups is 1. The summed E-state index contributed by atoms with van der Waals surface area (Å²) >= 11 is 5.98. The molecule has 0 aromatic heterocycles. The van der Waals surface area contributed by atoms with Crippen LogP contribution in [0.1, 0.15) is 26.3 Å². The maximum atomic E-state index is 5.98. The Morgan fingerprint density at radius 1 is 1.15 bits per heavy atom. The van der Waals surface area contributed by atoms with E-state index in [1.807, 2.05) is 12.1 Å². The summed E-state index contributed by atoms with van der Waals surface area (Å²) in [5, 5.41) is 4.19. The van der Waals surface area contributed by atoms with Crippen molar-refractivity contribution >= 4 is 17.6 Å². The third kappa shape index (κ3) is 7.68. The van der Waals surface area contributed by atoms with Gasteiger partial charge in [-0.25, -0.2) is 0 Å². The topological polar surface area (TPSA) is 34.1 Å². The Bertz CT molecular complexity index is 566. The van der Waals surface area contributed by atoms with Crippen LogP contribution in [-0.2, 0) is 6.54 Å². The number of benzene rings is 1. The first-order valence-corrected chi connectivity index (χ1v) is 10.6. The molecule has 0 bridgehead atoms. The highest BCUT2D eigenvalue weighted by molar-refractivity contribution is 6.30. The van der Waals surface area contributed by atoms with E-state index in [-0.39, 0.29) is 0 Å². The summed E-state index contributed by atoms with van der Waals surface area (Å²) in [6, 6.07) is 8.02. The van der Waals surface area contributed by atoms with E-state index in [1.165, 1.54) is 38.3 Å². The largest absolute Gasteiger partial charge is 0.357 e. The Hall–Kier alpha value is -1.30. The molecule has 0 aliphatic carbocycles. The molecule has 2 rings (SSSR count). The van der Waals surface area contributed by atoms with E-state index < -0.39 is 0 Å². The lowest BCUT2D eigenvalue weighted by Gasteiger charge is -2.35. The van der Waals surface area contributed by atoms with Gasteiger partial charge in [-0.1, -0.05) is 37.6 Å². The minimum atomic E-state index is 0.552. The van der Waals surface area contributed by atoms with Crippen molar-refractivity contribution in [3.8, 4) is 0 Å². The molecule has 0 saturated carbocycles. The number of rotatable bonds is 8. The van der Waals surface area contributed by atoms with Gasteiger partial charge in [0.2, 0.25) is 0 Å². The van der Waals surface area contributed by atoms with Crippen LogP contribution in [0, 0.1) is 5.92 Å². The smallest absolute Gasteiger partial charge is 0.193 e. The summed E-state index contributed by atoms with van der Waals surface area (Å²) in [6.45, 7) is 16.2. The summed E-state index contributed by atoms with van der Waals surface area (Å²) in [4.78, 5) is 12.2. The number of hydrogen-bond donors (Lipinski definition) is 1. The van der Waals surface area contributed by atoms with Crippen molar-refractivity contribution in [3.63, 3.8) is 0 Å². The molecule has 1 aromatic rings. The molecule has 1 heterocycles. The normalized spacial score (nSPS) is 17.7. The first-order valence-electron chi connectivity index (χ1n) is 10.2. The minimum absolute atomic E-state index is 0.552. The van der Waals surface area contributed by atoms with Crippen LogP contribution >= 0.6 is 11.6 Å². The second kappa shape index (κ2) is 11.5. The average molecular weight is 394 g/mol. The fraction of sp³-hybridized carbons (Fsp3) is 0.667. The second-order valence-electron chi connectivity index (χ2n) is 7.52. The van der Waals surface area contributed by atoms with E-state index in [4.69, 9.17) is 16.6 Å². The SMILES string of the molecule is CCNC(=NCC(C)CN1CCN(CC)CC1)N(C)Cc1ccc(Cl)cc1. The number of likely N-dealkylation sites (N-methyl/N-ethyl adjacent to an activating group) is 1. The number of piperazine rings is 1. The fourth-order valence-corrected chi connectivity index (χ4v) is 3.56. The first-order chi connectivity index (χ1) is 13.0. The van der Waals surface area contributed by atoms with Crippen molar-refractivity contribution in [3.05, 3.63) is 34.9 Å². The molecular weight excluding hydrogens is 358 g/mol. The number of guanidine groups is 1. The molecule has 27 heavy (non-hydrogen) atoms. The highest BCUT2D eigenvalue weighted by Gasteiger charge is 2.17. The molecular formula is C21H36ClN5. The minimum Gasteiger partial charge on any atom is -0.357 e. The molecule has 0 spiro atoms. The monoisotopic (exact) mass is 393 g/mol. The van der Waals surface area contributed by atoms with Gasteiger partial charge in [-0.3, -0.25) is 4.99 Å². The zero-order valence-corrected chi connectivity index (χ0v) is 18.2. The van der Waals surface area contributed by atoms with Gasteiger partial charge in [0.1, 0.15) is 0 Å². The number of halogens is 1. The predicted octanol–water partition coefficient (Wildman–Crippen LogP) is 3.01. The Balaban J connectivity index is 1.85. The van der Waals surface area contributed by atoms with Crippen LogP contribution < -0.4 is 5.32 Å². The summed E-state index contributed by atoms with van der Waals surface area (Å²) in [7, 11) is 2.09. The third-order valence-corrected chi connectivity index (χ3v) is 5.32. The van der Waals surface area contributed by atoms with Gasteiger partial charge in [0.15, 0.2) is 5.96 Å². The van der Waals surface area contributed by atoms with Crippen LogP contribution in [0.25, 0.3) is 0 Å². The lowest BCUT2D eigenvalue weighted by molar-refractivity contribution is 0.125. The van der Waals surface area contributed by atoms with Crippen molar-refractivity contribution in [2.45, 2.75) is 27.3 Å². The van der Waals surface area contributed by atoms with Crippen molar-refractivity contribution in [2.75, 3.05) is 59.4 Å². The van der Waals surface area contributed by atoms with E-state index >= 15 is 0 Å². The second-order valence-corrected chi connectivity index (χ2v) is 7.95. The van der Waals surface area contributed by atoms with Gasteiger partial charge < -0.3 is 20.0 Å². The maximum absolute atomic E-state index is 5.98. The van der Waals surface area contributed by atoms with Gasteiger partial charge in [-0.05, 0) is 37.1 Å². The first kappa shape index (κ1) is 22.0. The molecule has 1 fully saturated rings. The molecule has 152 valence electrons. The van der Waals surface area contributed by atoms with Crippen LogP contribution in [0.3, 0.4) is 0 Å². The van der Waals surface area contributed by atoms with Crippen LogP contribution in [0.15, 0.2) is 29.3 Å². The lowest BCUT2D eigenvalue weighted by Crippen LogP contribution is -2.47. The third-order valence-electron chi connectivity index (χ3n) is 5.06. The zero-order valence-electron chi connectivity index (χ0n) is 17.4. The molecule has 1 N–H and O–H groups in total. The Morgan fingerprint density at radius 3 is 2.37 bits per heavy atom. The molecule has 6 heteroatoms. The molecule has 1 aliphatic rings. The van der Waals surface area contributed by atoms with Crippen LogP contribution in [0.2, 0.25) is 5.02 Å². The van der Waals surface area contributed by atoms with E-state index in [0.29, 0.717) is 5.92 Å². The van der Waals surface area contributed by atoms with Crippen LogP contribution in [0.5, 0.6) is 0 Å². The van der Waals surface area contributed by atoms with E-state index in [1.54, 1.807) is 0 Å².